The molecule has 36 heavy (non-hydrogen) atoms. The van der Waals surface area contributed by atoms with Crippen LogP contribution in [0.2, 0.25) is 0 Å². The molecule has 5 aromatic rings. The second kappa shape index (κ2) is 9.49. The monoisotopic (exact) mass is 477 g/mol. The predicted octanol–water partition coefficient (Wildman–Crippen LogP) is 6.88. The number of rotatable bonds is 7. The van der Waals surface area contributed by atoms with Gasteiger partial charge in [0.2, 0.25) is 0 Å². The molecule has 7 nitrogen and oxygen atoms in total. The maximum Gasteiger partial charge on any atom is 0.139 e. The highest BCUT2D eigenvalue weighted by Gasteiger charge is 2.18. The summed E-state index contributed by atoms with van der Waals surface area (Å²) in [5.74, 6) is 0. The summed E-state index contributed by atoms with van der Waals surface area (Å²) in [6.07, 6.45) is 11.4. The van der Waals surface area contributed by atoms with Gasteiger partial charge >= 0.3 is 0 Å². The summed E-state index contributed by atoms with van der Waals surface area (Å²) in [5, 5.41) is 13.5. The lowest BCUT2D eigenvalue weighted by atomic mass is 10.0. The number of hydrogen-bond acceptors (Lipinski definition) is 5. The topological polar surface area (TPSA) is 85.5 Å². The van der Waals surface area contributed by atoms with Crippen molar-refractivity contribution >= 4 is 33.3 Å². The van der Waals surface area contributed by atoms with Crippen LogP contribution in [-0.4, -0.2) is 38.2 Å². The molecule has 1 aromatic carbocycles. The number of aromatic amines is 2. The van der Waals surface area contributed by atoms with Crippen LogP contribution in [0.15, 0.2) is 67.3 Å². The highest BCUT2D eigenvalue weighted by molar-refractivity contribution is 5.99. The molecule has 6 rings (SSSR count). The number of H-pyrrole nitrogens is 2. The van der Waals surface area contributed by atoms with Crippen molar-refractivity contribution in [2.24, 2.45) is 0 Å². The van der Waals surface area contributed by atoms with E-state index in [0.29, 0.717) is 0 Å². The summed E-state index contributed by atoms with van der Waals surface area (Å²) < 4.78 is 0. The van der Waals surface area contributed by atoms with Gasteiger partial charge in [-0.2, -0.15) is 5.10 Å². The number of aromatic nitrogens is 5. The van der Waals surface area contributed by atoms with Crippen LogP contribution < -0.4 is 10.2 Å². The minimum absolute atomic E-state index is 0.896. The SMILES string of the molecule is C=C(CCC)Nc1cncc(-c2ccc3[nH]nc(-c4cc5c(N6CCCCC6)ccnc5[nH]4)c3c2)c1. The van der Waals surface area contributed by atoms with Crippen LogP contribution in [0.25, 0.3) is 44.5 Å². The standard InChI is InChI=1S/C29H31N7/c1-3-7-19(2)32-22-14-21(17-30-18-22)20-8-9-25-23(15-20)28(35-34-25)26-16-24-27(10-11-31-29(24)33-26)36-12-5-4-6-13-36/h8-11,14-18,32H,2-7,12-13H2,1H3,(H,31,33)(H,34,35). The Kier molecular flexibility index (Phi) is 5.89. The Labute approximate surface area is 210 Å². The van der Waals surface area contributed by atoms with Gasteiger partial charge in [0.25, 0.3) is 0 Å². The van der Waals surface area contributed by atoms with Crippen molar-refractivity contribution in [3.05, 3.63) is 67.3 Å². The predicted molar refractivity (Wildman–Crippen MR) is 148 cm³/mol. The van der Waals surface area contributed by atoms with E-state index in [1.165, 1.54) is 24.9 Å². The second-order valence-corrected chi connectivity index (χ2v) is 9.60. The molecule has 7 heteroatoms. The number of piperidine rings is 1. The summed E-state index contributed by atoms with van der Waals surface area (Å²) in [7, 11) is 0. The van der Waals surface area contributed by atoms with E-state index in [1.807, 2.05) is 18.6 Å². The Balaban J connectivity index is 1.37. The van der Waals surface area contributed by atoms with E-state index in [9.17, 15) is 0 Å². The third kappa shape index (κ3) is 4.21. The van der Waals surface area contributed by atoms with Gasteiger partial charge in [0.05, 0.1) is 23.1 Å². The lowest BCUT2D eigenvalue weighted by molar-refractivity contribution is 0.579. The van der Waals surface area contributed by atoms with Gasteiger partial charge in [-0.3, -0.25) is 10.1 Å². The van der Waals surface area contributed by atoms with Crippen LogP contribution in [0.5, 0.6) is 0 Å². The van der Waals surface area contributed by atoms with Gasteiger partial charge in [0.1, 0.15) is 11.3 Å². The quantitative estimate of drug-likeness (QED) is 0.238. The summed E-state index contributed by atoms with van der Waals surface area (Å²) in [6.45, 7) is 8.46. The maximum atomic E-state index is 4.68. The van der Waals surface area contributed by atoms with E-state index >= 15 is 0 Å². The Hall–Kier alpha value is -4.13. The Morgan fingerprint density at radius 2 is 1.92 bits per heavy atom. The molecule has 0 aliphatic carbocycles. The van der Waals surface area contributed by atoms with Gasteiger partial charge in [-0.25, -0.2) is 4.98 Å². The normalized spacial score (nSPS) is 14.0. The molecule has 182 valence electrons. The molecule has 4 aromatic heterocycles. The molecule has 1 saturated heterocycles. The molecular formula is C29H31N7. The molecule has 0 bridgehead atoms. The minimum Gasteiger partial charge on any atom is -0.371 e. The zero-order valence-corrected chi connectivity index (χ0v) is 20.6. The van der Waals surface area contributed by atoms with E-state index in [4.69, 9.17) is 0 Å². The number of benzene rings is 1. The van der Waals surface area contributed by atoms with Crippen molar-refractivity contribution < 1.29 is 0 Å². The van der Waals surface area contributed by atoms with Crippen molar-refractivity contribution in [3.8, 4) is 22.5 Å². The van der Waals surface area contributed by atoms with Gasteiger partial charge in [-0.15, -0.1) is 0 Å². The number of fused-ring (bicyclic) bond motifs is 2. The second-order valence-electron chi connectivity index (χ2n) is 9.60. The van der Waals surface area contributed by atoms with Crippen molar-refractivity contribution in [2.75, 3.05) is 23.3 Å². The van der Waals surface area contributed by atoms with E-state index in [0.717, 1.165) is 81.8 Å². The molecule has 1 fully saturated rings. The van der Waals surface area contributed by atoms with Crippen LogP contribution >= 0.6 is 0 Å². The smallest absolute Gasteiger partial charge is 0.139 e. The fourth-order valence-electron chi connectivity index (χ4n) is 5.18. The van der Waals surface area contributed by atoms with Crippen LogP contribution in [0.4, 0.5) is 11.4 Å². The number of anilines is 2. The maximum absolute atomic E-state index is 4.68. The van der Waals surface area contributed by atoms with Gasteiger partial charge in [0, 0.05) is 53.2 Å². The van der Waals surface area contributed by atoms with Crippen molar-refractivity contribution in [1.29, 1.82) is 0 Å². The van der Waals surface area contributed by atoms with Crippen LogP contribution in [0, 0.1) is 0 Å². The number of allylic oxidation sites excluding steroid dienone is 1. The van der Waals surface area contributed by atoms with E-state index in [1.54, 1.807) is 0 Å². The molecule has 0 atom stereocenters. The van der Waals surface area contributed by atoms with Gasteiger partial charge in [-0.05, 0) is 61.6 Å². The summed E-state index contributed by atoms with van der Waals surface area (Å²) >= 11 is 0. The molecule has 0 amide bonds. The fraction of sp³-hybridized carbons (Fsp3) is 0.276. The Morgan fingerprint density at radius 3 is 2.78 bits per heavy atom. The molecule has 1 aliphatic heterocycles. The van der Waals surface area contributed by atoms with Gasteiger partial charge in [0.15, 0.2) is 0 Å². The molecule has 0 radical (unpaired) electrons. The molecule has 0 saturated carbocycles. The number of pyridine rings is 2. The average Bonchev–Trinajstić information content (AvgIpc) is 3.53. The lowest BCUT2D eigenvalue weighted by Gasteiger charge is -2.29. The van der Waals surface area contributed by atoms with Crippen LogP contribution in [-0.2, 0) is 0 Å². The third-order valence-corrected chi connectivity index (χ3v) is 6.97. The Morgan fingerprint density at radius 1 is 1.03 bits per heavy atom. The first-order chi connectivity index (χ1) is 17.7. The number of nitrogens with zero attached hydrogens (tertiary/aromatic N) is 4. The molecule has 0 unspecified atom stereocenters. The van der Waals surface area contributed by atoms with Gasteiger partial charge in [-0.1, -0.05) is 26.0 Å². The highest BCUT2D eigenvalue weighted by Crippen LogP contribution is 2.35. The van der Waals surface area contributed by atoms with E-state index in [-0.39, 0.29) is 0 Å². The lowest BCUT2D eigenvalue weighted by Crippen LogP contribution is -2.29. The zero-order chi connectivity index (χ0) is 24.5. The highest BCUT2D eigenvalue weighted by atomic mass is 15.1. The first kappa shape index (κ1) is 22.3. The first-order valence-corrected chi connectivity index (χ1v) is 12.8. The van der Waals surface area contributed by atoms with Crippen LogP contribution in [0.3, 0.4) is 0 Å². The Bertz CT molecular complexity index is 1540. The van der Waals surface area contributed by atoms with Crippen LogP contribution in [0.1, 0.15) is 39.0 Å². The third-order valence-electron chi connectivity index (χ3n) is 6.97. The number of nitrogens with one attached hydrogen (secondary N) is 3. The molecule has 1 aliphatic rings. The zero-order valence-electron chi connectivity index (χ0n) is 20.6. The molecular weight excluding hydrogens is 446 g/mol. The van der Waals surface area contributed by atoms with Crippen molar-refractivity contribution in [2.45, 2.75) is 39.0 Å². The fourth-order valence-corrected chi connectivity index (χ4v) is 5.18. The molecule has 3 N–H and O–H groups in total. The van der Waals surface area contributed by atoms with Crippen molar-refractivity contribution in [1.82, 2.24) is 25.1 Å². The van der Waals surface area contributed by atoms with Crippen molar-refractivity contribution in [3.63, 3.8) is 0 Å². The van der Waals surface area contributed by atoms with Gasteiger partial charge < -0.3 is 15.2 Å². The number of hydrogen-bond donors (Lipinski definition) is 3. The summed E-state index contributed by atoms with van der Waals surface area (Å²) in [4.78, 5) is 15.1. The molecule has 5 heterocycles. The van der Waals surface area contributed by atoms with E-state index < -0.39 is 0 Å². The average molecular weight is 478 g/mol. The van der Waals surface area contributed by atoms with E-state index in [2.05, 4.69) is 85.3 Å². The molecule has 0 spiro atoms. The first-order valence-electron chi connectivity index (χ1n) is 12.8. The summed E-state index contributed by atoms with van der Waals surface area (Å²) in [6, 6.07) is 12.8. The summed E-state index contributed by atoms with van der Waals surface area (Å²) in [5.41, 5.74) is 9.09. The minimum atomic E-state index is 0.896. The largest absolute Gasteiger partial charge is 0.371 e.